The summed E-state index contributed by atoms with van der Waals surface area (Å²) >= 11 is 0. The molecule has 1 spiro atoms. The van der Waals surface area contributed by atoms with Gasteiger partial charge in [-0.1, -0.05) is 12.1 Å². The molecule has 1 aromatic carbocycles. The van der Waals surface area contributed by atoms with Gasteiger partial charge in [-0.15, -0.1) is 0 Å². The highest BCUT2D eigenvalue weighted by Gasteiger charge is 2.54. The van der Waals surface area contributed by atoms with Crippen LogP contribution in [0, 0.1) is 5.41 Å². The van der Waals surface area contributed by atoms with Gasteiger partial charge in [-0.3, -0.25) is 0 Å². The zero-order valence-corrected chi connectivity index (χ0v) is 22.8. The average molecular weight is 550 g/mol. The average Bonchev–Trinajstić information content (AvgIpc) is 3.15. The van der Waals surface area contributed by atoms with E-state index >= 15 is 0 Å². The molecule has 2 fully saturated rings. The Labute approximate surface area is 218 Å². The molecule has 204 valence electrons. The molecule has 12 heteroatoms. The summed E-state index contributed by atoms with van der Waals surface area (Å²) in [5.41, 5.74) is -0.940. The van der Waals surface area contributed by atoms with Crippen LogP contribution in [0.25, 0.3) is 22.2 Å². The van der Waals surface area contributed by atoms with Crippen LogP contribution in [0.1, 0.15) is 39.2 Å². The fourth-order valence-electron chi connectivity index (χ4n) is 5.39. The number of nitrogens with one attached hydrogen (secondary N) is 2. The minimum absolute atomic E-state index is 0.00913. The lowest BCUT2D eigenvalue weighted by atomic mass is 9.61. The number of likely N-dealkylation sites (tertiary alicyclic amines) is 1. The molecule has 0 radical (unpaired) electrons. The Balaban J connectivity index is 1.35. The standard InChI is InChI=1S/C26H31F3N5O3P/c1-24(2,3)37-23(35)34-13-25(14-34)9-15(10-25)32-22-31-12-18(26(27,28)29)20(33-22)17-11-30-21-16(17)7-6-8-19(21)38(4,5)36/h6-8,11-12,15,30H,9-10,13-14H2,1-5H3,(H,31,32,33). The van der Waals surface area contributed by atoms with Crippen LogP contribution < -0.4 is 10.6 Å². The Morgan fingerprint density at radius 3 is 2.50 bits per heavy atom. The Morgan fingerprint density at radius 1 is 1.21 bits per heavy atom. The molecule has 1 aliphatic heterocycles. The Kier molecular flexibility index (Phi) is 6.09. The molecule has 3 heterocycles. The molecule has 2 N–H and O–H groups in total. The number of nitrogens with zero attached hydrogens (tertiary/aromatic N) is 3. The summed E-state index contributed by atoms with van der Waals surface area (Å²) in [5.74, 6) is 0.110. The number of hydrogen-bond donors (Lipinski definition) is 2. The third kappa shape index (κ3) is 5.00. The number of benzene rings is 1. The van der Waals surface area contributed by atoms with Crippen molar-refractivity contribution in [1.29, 1.82) is 0 Å². The first-order chi connectivity index (χ1) is 17.5. The number of anilines is 1. The molecular formula is C26H31F3N5O3P. The van der Waals surface area contributed by atoms with Crippen molar-refractivity contribution in [3.05, 3.63) is 36.2 Å². The van der Waals surface area contributed by atoms with E-state index in [-0.39, 0.29) is 34.8 Å². The van der Waals surface area contributed by atoms with Crippen molar-refractivity contribution in [3.8, 4) is 11.3 Å². The van der Waals surface area contributed by atoms with Gasteiger partial charge < -0.3 is 24.5 Å². The van der Waals surface area contributed by atoms with Crippen molar-refractivity contribution in [2.45, 2.75) is 51.4 Å². The molecule has 8 nitrogen and oxygen atoms in total. The second kappa shape index (κ2) is 8.73. The summed E-state index contributed by atoms with van der Waals surface area (Å²) in [4.78, 5) is 25.2. The molecule has 2 aliphatic rings. The summed E-state index contributed by atoms with van der Waals surface area (Å²) in [6.45, 7) is 9.90. The second-order valence-corrected chi connectivity index (χ2v) is 15.0. The first-order valence-electron chi connectivity index (χ1n) is 12.4. The molecule has 1 saturated carbocycles. The molecule has 38 heavy (non-hydrogen) atoms. The van der Waals surface area contributed by atoms with Gasteiger partial charge in [0.25, 0.3) is 0 Å². The van der Waals surface area contributed by atoms with Crippen LogP contribution in [0.15, 0.2) is 30.6 Å². The number of amides is 1. The predicted octanol–water partition coefficient (Wildman–Crippen LogP) is 5.70. The SMILES string of the molecule is CC(C)(C)OC(=O)N1CC2(CC(Nc3ncc(C(F)(F)F)c(-c4c[nH]c5c(P(C)(C)=O)cccc45)n3)C2)C1. The molecule has 3 aromatic rings. The number of carbonyl (C=O) groups is 1. The summed E-state index contributed by atoms with van der Waals surface area (Å²) in [6, 6.07) is 5.09. The lowest BCUT2D eigenvalue weighted by Gasteiger charge is -2.58. The molecular weight excluding hydrogens is 518 g/mol. The third-order valence-corrected chi connectivity index (χ3v) is 8.55. The quantitative estimate of drug-likeness (QED) is 0.405. The van der Waals surface area contributed by atoms with E-state index < -0.39 is 24.5 Å². The van der Waals surface area contributed by atoms with Crippen molar-refractivity contribution >= 4 is 35.4 Å². The molecule has 0 atom stereocenters. The van der Waals surface area contributed by atoms with E-state index in [9.17, 15) is 22.5 Å². The first kappa shape index (κ1) is 26.5. The molecule has 5 rings (SSSR count). The Bertz CT molecular complexity index is 1440. The number of rotatable bonds is 4. The summed E-state index contributed by atoms with van der Waals surface area (Å²) < 4.78 is 60.0. The van der Waals surface area contributed by atoms with E-state index in [1.807, 2.05) is 20.8 Å². The van der Waals surface area contributed by atoms with Crippen LogP contribution in [0.4, 0.5) is 23.9 Å². The van der Waals surface area contributed by atoms with E-state index in [4.69, 9.17) is 4.74 Å². The van der Waals surface area contributed by atoms with E-state index in [0.29, 0.717) is 29.3 Å². The highest BCUT2D eigenvalue weighted by atomic mass is 31.2. The largest absolute Gasteiger partial charge is 0.444 e. The number of carbonyl (C=O) groups excluding carboxylic acids is 1. The van der Waals surface area contributed by atoms with Crippen molar-refractivity contribution in [1.82, 2.24) is 19.9 Å². The number of halogens is 3. The highest BCUT2D eigenvalue weighted by Crippen LogP contribution is 2.49. The molecule has 1 amide bonds. The summed E-state index contributed by atoms with van der Waals surface area (Å²) in [7, 11) is -2.67. The van der Waals surface area contributed by atoms with E-state index in [1.54, 1.807) is 36.4 Å². The van der Waals surface area contributed by atoms with Gasteiger partial charge in [0.1, 0.15) is 18.3 Å². The van der Waals surface area contributed by atoms with E-state index in [0.717, 1.165) is 19.0 Å². The number of ether oxygens (including phenoxy) is 1. The fraction of sp³-hybridized carbons (Fsp3) is 0.500. The Morgan fingerprint density at radius 2 is 1.89 bits per heavy atom. The number of aromatic amines is 1. The molecule has 0 bridgehead atoms. The van der Waals surface area contributed by atoms with Gasteiger partial charge in [0.2, 0.25) is 5.95 Å². The topological polar surface area (TPSA) is 100 Å². The van der Waals surface area contributed by atoms with Gasteiger partial charge in [0.05, 0.1) is 11.2 Å². The van der Waals surface area contributed by atoms with Crippen LogP contribution in [0.3, 0.4) is 0 Å². The highest BCUT2D eigenvalue weighted by molar-refractivity contribution is 7.70. The van der Waals surface area contributed by atoms with Crippen LogP contribution in [-0.2, 0) is 15.5 Å². The van der Waals surface area contributed by atoms with Crippen LogP contribution in [-0.4, -0.2) is 64.0 Å². The van der Waals surface area contributed by atoms with Crippen LogP contribution in [0.5, 0.6) is 0 Å². The zero-order chi connectivity index (χ0) is 27.7. The predicted molar refractivity (Wildman–Crippen MR) is 140 cm³/mol. The first-order valence-corrected chi connectivity index (χ1v) is 15.0. The lowest BCUT2D eigenvalue weighted by molar-refractivity contribution is -0.137. The monoisotopic (exact) mass is 549 g/mol. The lowest BCUT2D eigenvalue weighted by Crippen LogP contribution is -2.66. The van der Waals surface area contributed by atoms with Crippen LogP contribution >= 0.6 is 7.14 Å². The molecule has 1 aliphatic carbocycles. The van der Waals surface area contributed by atoms with Gasteiger partial charge >= 0.3 is 12.3 Å². The number of para-hydroxylation sites is 1. The van der Waals surface area contributed by atoms with Gasteiger partial charge in [0, 0.05) is 53.2 Å². The summed E-state index contributed by atoms with van der Waals surface area (Å²) in [6.07, 6.45) is -1.20. The number of alkyl halides is 3. The maximum Gasteiger partial charge on any atom is 0.419 e. The van der Waals surface area contributed by atoms with Crippen molar-refractivity contribution in [3.63, 3.8) is 0 Å². The van der Waals surface area contributed by atoms with Crippen LogP contribution in [0.2, 0.25) is 0 Å². The minimum atomic E-state index is -4.66. The second-order valence-electron chi connectivity index (χ2n) is 11.8. The van der Waals surface area contributed by atoms with Crippen molar-refractivity contribution in [2.24, 2.45) is 5.41 Å². The van der Waals surface area contributed by atoms with Gasteiger partial charge in [-0.25, -0.2) is 14.8 Å². The molecule has 2 aromatic heterocycles. The van der Waals surface area contributed by atoms with Crippen molar-refractivity contribution < 1.29 is 27.3 Å². The minimum Gasteiger partial charge on any atom is -0.444 e. The number of fused-ring (bicyclic) bond motifs is 1. The normalized spacial score (nSPS) is 17.8. The fourth-order valence-corrected chi connectivity index (χ4v) is 6.56. The number of H-pyrrole nitrogens is 1. The molecule has 0 unspecified atom stereocenters. The Hall–Kier alpha value is -3.07. The van der Waals surface area contributed by atoms with Gasteiger partial charge in [-0.05, 0) is 53.0 Å². The van der Waals surface area contributed by atoms with Gasteiger partial charge in [0.15, 0.2) is 0 Å². The zero-order valence-electron chi connectivity index (χ0n) is 21.9. The summed E-state index contributed by atoms with van der Waals surface area (Å²) in [5, 5.41) is 4.26. The maximum absolute atomic E-state index is 13.9. The number of hydrogen-bond acceptors (Lipinski definition) is 6. The smallest absolute Gasteiger partial charge is 0.419 e. The number of aromatic nitrogens is 3. The third-order valence-electron chi connectivity index (χ3n) is 7.02. The maximum atomic E-state index is 13.9. The van der Waals surface area contributed by atoms with Gasteiger partial charge in [-0.2, -0.15) is 13.2 Å². The van der Waals surface area contributed by atoms with Crippen molar-refractivity contribution in [2.75, 3.05) is 31.7 Å². The van der Waals surface area contributed by atoms with E-state index in [2.05, 4.69) is 20.3 Å². The molecule has 1 saturated heterocycles. The van der Waals surface area contributed by atoms with E-state index in [1.165, 1.54) is 6.20 Å².